The van der Waals surface area contributed by atoms with E-state index < -0.39 is 0 Å². The van der Waals surface area contributed by atoms with E-state index in [1.54, 1.807) is 0 Å². The zero-order chi connectivity index (χ0) is 14.7. The largest absolute Gasteiger partial charge is 0.0885 e. The maximum Gasteiger partial charge on any atom is -0.0351 e. The molecule has 0 heterocycles. The molecule has 0 aliphatic rings. The summed E-state index contributed by atoms with van der Waals surface area (Å²) < 4.78 is 0. The van der Waals surface area contributed by atoms with Gasteiger partial charge in [0.2, 0.25) is 0 Å². The van der Waals surface area contributed by atoms with Crippen LogP contribution in [-0.4, -0.2) is 0 Å². The van der Waals surface area contributed by atoms with Gasteiger partial charge in [0.15, 0.2) is 0 Å². The van der Waals surface area contributed by atoms with Crippen LogP contribution in [0.4, 0.5) is 0 Å². The summed E-state index contributed by atoms with van der Waals surface area (Å²) in [6.45, 7) is 6.13. The number of hydrogen-bond acceptors (Lipinski definition) is 0. The Hall–Kier alpha value is -0.260. The number of allylic oxidation sites excluding steroid dienone is 2. The van der Waals surface area contributed by atoms with E-state index in [-0.39, 0.29) is 0 Å². The molecule has 0 rings (SSSR count). The second kappa shape index (κ2) is 18.7. The van der Waals surface area contributed by atoms with Crippen LogP contribution in [0.3, 0.4) is 0 Å². The summed E-state index contributed by atoms with van der Waals surface area (Å²) in [5, 5.41) is 0. The summed E-state index contributed by atoms with van der Waals surface area (Å²) in [5.41, 5.74) is 0. The fourth-order valence-corrected chi connectivity index (χ4v) is 2.61. The highest BCUT2D eigenvalue weighted by molar-refractivity contribution is 4.80. The van der Waals surface area contributed by atoms with Gasteiger partial charge in [-0.3, -0.25) is 0 Å². The van der Waals surface area contributed by atoms with Crippen molar-refractivity contribution in [2.45, 2.75) is 110 Å². The van der Waals surface area contributed by atoms with Crippen LogP contribution in [0.25, 0.3) is 0 Å². The standard InChI is InChI=1S/C20H39/c1-3-5-7-9-11-13-15-17-19-20-18-16-14-12-10-8-6-4-2/h8,10H,1,3-7,9,11-20H2,2H3. The first-order valence-corrected chi connectivity index (χ1v) is 9.36. The molecule has 0 aromatic carbocycles. The van der Waals surface area contributed by atoms with E-state index in [2.05, 4.69) is 26.0 Å². The quantitative estimate of drug-likeness (QED) is 0.201. The van der Waals surface area contributed by atoms with Crippen LogP contribution < -0.4 is 0 Å². The van der Waals surface area contributed by atoms with Gasteiger partial charge in [0.25, 0.3) is 0 Å². The van der Waals surface area contributed by atoms with E-state index in [1.807, 2.05) is 0 Å². The molecule has 0 aliphatic heterocycles. The van der Waals surface area contributed by atoms with Gasteiger partial charge < -0.3 is 0 Å². The summed E-state index contributed by atoms with van der Waals surface area (Å²) in [7, 11) is 0. The minimum absolute atomic E-state index is 1.12. The molecule has 20 heavy (non-hydrogen) atoms. The van der Waals surface area contributed by atoms with E-state index in [1.165, 1.54) is 96.3 Å². The van der Waals surface area contributed by atoms with Gasteiger partial charge in [-0.05, 0) is 19.3 Å². The third-order valence-electron chi connectivity index (χ3n) is 3.99. The normalized spacial score (nSPS) is 11.5. The lowest BCUT2D eigenvalue weighted by atomic mass is 10.0. The summed E-state index contributed by atoms with van der Waals surface area (Å²) >= 11 is 0. The Kier molecular flexibility index (Phi) is 18.5. The minimum atomic E-state index is 1.12. The highest BCUT2D eigenvalue weighted by Gasteiger charge is 1.93. The highest BCUT2D eigenvalue weighted by atomic mass is 14.0. The van der Waals surface area contributed by atoms with Gasteiger partial charge in [0.05, 0.1) is 0 Å². The van der Waals surface area contributed by atoms with Gasteiger partial charge in [-0.25, -0.2) is 0 Å². The maximum atomic E-state index is 3.89. The molecule has 0 bridgehead atoms. The molecule has 0 spiro atoms. The molecule has 0 heteroatoms. The lowest BCUT2D eigenvalue weighted by Crippen LogP contribution is -1.82. The first kappa shape index (κ1) is 19.7. The van der Waals surface area contributed by atoms with Crippen molar-refractivity contribution >= 4 is 0 Å². The fraction of sp³-hybridized carbons (Fsp3) is 0.850. The van der Waals surface area contributed by atoms with Crippen molar-refractivity contribution in [3.63, 3.8) is 0 Å². The van der Waals surface area contributed by atoms with Crippen molar-refractivity contribution in [3.05, 3.63) is 19.1 Å². The van der Waals surface area contributed by atoms with Crippen LogP contribution >= 0.6 is 0 Å². The van der Waals surface area contributed by atoms with Gasteiger partial charge in [-0.15, -0.1) is 0 Å². The molecular weight excluding hydrogens is 240 g/mol. The Bertz CT molecular complexity index is 180. The summed E-state index contributed by atoms with van der Waals surface area (Å²) in [4.78, 5) is 0. The number of hydrogen-bond donors (Lipinski definition) is 0. The molecule has 0 nitrogen and oxygen atoms in total. The zero-order valence-corrected chi connectivity index (χ0v) is 14.2. The molecule has 0 aliphatic carbocycles. The summed E-state index contributed by atoms with van der Waals surface area (Å²) in [6.07, 6.45) is 26.9. The predicted molar refractivity (Wildman–Crippen MR) is 94.0 cm³/mol. The van der Waals surface area contributed by atoms with Crippen LogP contribution in [0.1, 0.15) is 110 Å². The molecule has 0 atom stereocenters. The predicted octanol–water partition coefficient (Wildman–Crippen LogP) is 7.64. The zero-order valence-electron chi connectivity index (χ0n) is 14.2. The van der Waals surface area contributed by atoms with Crippen LogP contribution in [0, 0.1) is 6.92 Å². The van der Waals surface area contributed by atoms with E-state index >= 15 is 0 Å². The van der Waals surface area contributed by atoms with Crippen LogP contribution in [-0.2, 0) is 0 Å². The topological polar surface area (TPSA) is 0 Å². The third kappa shape index (κ3) is 17.7. The Balaban J connectivity index is 2.96. The molecule has 0 aromatic heterocycles. The average Bonchev–Trinajstić information content (AvgIpc) is 2.47. The van der Waals surface area contributed by atoms with E-state index in [0.29, 0.717) is 0 Å². The van der Waals surface area contributed by atoms with Crippen molar-refractivity contribution in [2.24, 2.45) is 0 Å². The molecule has 1 radical (unpaired) electrons. The van der Waals surface area contributed by atoms with Crippen LogP contribution in [0.2, 0.25) is 0 Å². The number of rotatable bonds is 16. The third-order valence-corrected chi connectivity index (χ3v) is 3.99. The van der Waals surface area contributed by atoms with Crippen LogP contribution in [0.15, 0.2) is 12.2 Å². The minimum Gasteiger partial charge on any atom is -0.0885 e. The Labute approximate surface area is 129 Å². The smallest absolute Gasteiger partial charge is 0.0351 e. The van der Waals surface area contributed by atoms with Gasteiger partial charge in [-0.2, -0.15) is 0 Å². The fourth-order valence-electron chi connectivity index (χ4n) is 2.61. The summed E-state index contributed by atoms with van der Waals surface area (Å²) in [6, 6.07) is 0. The second-order valence-corrected chi connectivity index (χ2v) is 6.14. The molecule has 0 saturated carbocycles. The van der Waals surface area contributed by atoms with Crippen molar-refractivity contribution < 1.29 is 0 Å². The highest BCUT2D eigenvalue weighted by Crippen LogP contribution is 2.13. The van der Waals surface area contributed by atoms with Gasteiger partial charge in [-0.1, -0.05) is 109 Å². The second-order valence-electron chi connectivity index (χ2n) is 6.14. The lowest BCUT2D eigenvalue weighted by Gasteiger charge is -2.02. The lowest BCUT2D eigenvalue weighted by molar-refractivity contribution is 0.542. The molecule has 0 unspecified atom stereocenters. The molecule has 0 aromatic rings. The molecule has 0 fully saturated rings. The Morgan fingerprint density at radius 2 is 0.950 bits per heavy atom. The van der Waals surface area contributed by atoms with Gasteiger partial charge in [0.1, 0.15) is 0 Å². The Morgan fingerprint density at radius 3 is 1.40 bits per heavy atom. The van der Waals surface area contributed by atoms with Gasteiger partial charge in [0, 0.05) is 0 Å². The summed E-state index contributed by atoms with van der Waals surface area (Å²) in [5.74, 6) is 0. The maximum absolute atomic E-state index is 3.89. The Morgan fingerprint density at radius 1 is 0.550 bits per heavy atom. The van der Waals surface area contributed by atoms with Gasteiger partial charge >= 0.3 is 0 Å². The van der Waals surface area contributed by atoms with Crippen molar-refractivity contribution in [1.29, 1.82) is 0 Å². The molecule has 0 amide bonds. The molecular formula is C20H39. The number of unbranched alkanes of at least 4 members (excludes halogenated alkanes) is 14. The van der Waals surface area contributed by atoms with E-state index in [4.69, 9.17) is 0 Å². The molecule has 0 saturated heterocycles. The average molecular weight is 280 g/mol. The molecule has 119 valence electrons. The SMILES string of the molecule is [CH2]CCCCCCCCCCCCCCC=CCCC. The van der Waals surface area contributed by atoms with Crippen LogP contribution in [0.5, 0.6) is 0 Å². The monoisotopic (exact) mass is 279 g/mol. The van der Waals surface area contributed by atoms with Crippen molar-refractivity contribution in [2.75, 3.05) is 0 Å². The first-order valence-electron chi connectivity index (χ1n) is 9.36. The molecule has 0 N–H and O–H groups in total. The first-order chi connectivity index (χ1) is 9.91. The van der Waals surface area contributed by atoms with E-state index in [9.17, 15) is 0 Å². The van der Waals surface area contributed by atoms with Crippen molar-refractivity contribution in [3.8, 4) is 0 Å². The van der Waals surface area contributed by atoms with Crippen molar-refractivity contribution in [1.82, 2.24) is 0 Å². The van der Waals surface area contributed by atoms with E-state index in [0.717, 1.165) is 6.42 Å².